The number of aliphatic hydroxyl groups is 1. The number of aliphatic hydroxyl groups excluding tert-OH is 1. The van der Waals surface area contributed by atoms with Crippen LogP contribution in [0.3, 0.4) is 0 Å². The first-order chi connectivity index (χ1) is 48.7. The second kappa shape index (κ2) is 73.5. The van der Waals surface area contributed by atoms with Crippen molar-refractivity contribution in [3.63, 3.8) is 0 Å². The molecule has 0 saturated heterocycles. The normalized spacial score (nSPS) is 14.3. The first kappa shape index (κ1) is 96.2. The predicted molar refractivity (Wildman–Crippen MR) is 409 cm³/mol. The lowest BCUT2D eigenvalue weighted by Crippen LogP contribution is -2.30. The number of unbranched alkanes of at least 4 members (excludes halogenated alkanes) is 35. The summed E-state index contributed by atoms with van der Waals surface area (Å²) in [6, 6.07) is 0. The maximum absolute atomic E-state index is 13.1. The van der Waals surface area contributed by atoms with Crippen LogP contribution in [0.1, 0.15) is 349 Å². The lowest BCUT2D eigenvalue weighted by molar-refractivity contribution is -0.161. The van der Waals surface area contributed by atoms with Gasteiger partial charge in [-0.2, -0.15) is 0 Å². The van der Waals surface area contributed by atoms with Gasteiger partial charge in [0.25, 0.3) is 0 Å². The number of phosphoric acid groups is 2. The quantitative estimate of drug-likeness (QED) is 0.0169. The molecule has 0 aromatic carbocycles. The second-order valence-corrected chi connectivity index (χ2v) is 29.5. The average molecular weight is 1450 g/mol. The Kier molecular flexibility index (Phi) is 70.8. The molecule has 0 spiro atoms. The largest absolute Gasteiger partial charge is 0.472 e. The Labute approximate surface area is 608 Å². The molecule has 0 rings (SSSR count). The third kappa shape index (κ3) is 72.6. The minimum absolute atomic E-state index is 0.0393. The molecular weight excluding hydrogens is 1310 g/mol. The molecule has 0 aliphatic rings. The van der Waals surface area contributed by atoms with Crippen molar-refractivity contribution in [2.24, 2.45) is 0 Å². The van der Waals surface area contributed by atoms with Crippen LogP contribution in [0.2, 0.25) is 0 Å². The van der Waals surface area contributed by atoms with Crippen LogP contribution in [-0.2, 0) is 65.4 Å². The van der Waals surface area contributed by atoms with Gasteiger partial charge in [0.05, 0.1) is 26.4 Å². The molecule has 0 saturated carbocycles. The lowest BCUT2D eigenvalue weighted by Gasteiger charge is -2.21. The lowest BCUT2D eigenvalue weighted by atomic mass is 10.0. The van der Waals surface area contributed by atoms with Crippen molar-refractivity contribution < 1.29 is 80.2 Å². The molecule has 3 N–H and O–H groups in total. The van der Waals surface area contributed by atoms with E-state index in [1.807, 2.05) is 18.2 Å². The van der Waals surface area contributed by atoms with E-state index in [1.165, 1.54) is 141 Å². The molecule has 17 nitrogen and oxygen atoms in total. The summed E-state index contributed by atoms with van der Waals surface area (Å²) < 4.78 is 68.5. The Hall–Kier alpha value is -3.76. The fourth-order valence-corrected chi connectivity index (χ4v) is 12.4. The molecule has 0 heterocycles. The van der Waals surface area contributed by atoms with E-state index >= 15 is 0 Å². The van der Waals surface area contributed by atoms with Gasteiger partial charge < -0.3 is 33.8 Å². The van der Waals surface area contributed by atoms with Crippen molar-refractivity contribution in [1.82, 2.24) is 0 Å². The molecule has 0 aromatic heterocycles. The van der Waals surface area contributed by atoms with E-state index in [4.69, 9.17) is 37.0 Å². The Bertz CT molecular complexity index is 2230. The monoisotopic (exact) mass is 1450 g/mol. The zero-order valence-electron chi connectivity index (χ0n) is 63.4. The zero-order valence-corrected chi connectivity index (χ0v) is 65.2. The van der Waals surface area contributed by atoms with Crippen LogP contribution in [0.15, 0.2) is 85.1 Å². The average Bonchev–Trinajstić information content (AvgIpc) is 0.935. The van der Waals surface area contributed by atoms with E-state index in [1.54, 1.807) is 0 Å². The van der Waals surface area contributed by atoms with Gasteiger partial charge >= 0.3 is 39.5 Å². The summed E-state index contributed by atoms with van der Waals surface area (Å²) in [5.74, 6) is -2.25. The molecule has 0 aliphatic heterocycles. The first-order valence-electron chi connectivity index (χ1n) is 39.8. The molecule has 2 unspecified atom stereocenters. The maximum atomic E-state index is 13.1. The molecule has 0 aromatic rings. The van der Waals surface area contributed by atoms with Crippen LogP contribution in [0, 0.1) is 0 Å². The van der Waals surface area contributed by atoms with E-state index in [-0.39, 0.29) is 25.7 Å². The molecule has 0 aliphatic carbocycles. The van der Waals surface area contributed by atoms with Gasteiger partial charge in [-0.25, -0.2) is 9.13 Å². The fraction of sp³-hybridized carbons (Fsp3) is 0.778. The number of carbonyl (C=O) groups excluding carboxylic acids is 4. The van der Waals surface area contributed by atoms with Gasteiger partial charge in [0.2, 0.25) is 0 Å². The van der Waals surface area contributed by atoms with Gasteiger partial charge in [-0.3, -0.25) is 37.3 Å². The van der Waals surface area contributed by atoms with Crippen LogP contribution < -0.4 is 0 Å². The molecule has 0 bridgehead atoms. The van der Waals surface area contributed by atoms with Crippen LogP contribution in [0.25, 0.3) is 0 Å². The van der Waals surface area contributed by atoms with Crippen molar-refractivity contribution in [1.29, 1.82) is 0 Å². The zero-order chi connectivity index (χ0) is 73.2. The highest BCUT2D eigenvalue weighted by Crippen LogP contribution is 2.45. The van der Waals surface area contributed by atoms with Crippen molar-refractivity contribution in [2.45, 2.75) is 367 Å². The summed E-state index contributed by atoms with van der Waals surface area (Å²) in [5, 5.41) is 10.6. The van der Waals surface area contributed by atoms with Crippen LogP contribution in [0.5, 0.6) is 0 Å². The minimum Gasteiger partial charge on any atom is -0.462 e. The molecule has 580 valence electrons. The Morgan fingerprint density at radius 3 is 0.870 bits per heavy atom. The highest BCUT2D eigenvalue weighted by Gasteiger charge is 2.30. The number of carbonyl (C=O) groups is 4. The third-order valence-electron chi connectivity index (χ3n) is 16.9. The maximum Gasteiger partial charge on any atom is 0.472 e. The number of allylic oxidation sites excluding steroid dienone is 14. The molecule has 0 amide bonds. The fourth-order valence-electron chi connectivity index (χ4n) is 10.8. The summed E-state index contributed by atoms with van der Waals surface area (Å²) in [6.45, 7) is 4.71. The SMILES string of the molecule is CC/C=C\C/C=C\C/C=C\C/C=C\C/C=C\C/C=C\CCC(=O)OC[C@H](COP(=O)(O)OC[C@@H](O)COP(=O)(O)OC[C@@H](COC(=O)CCCCCCCCC/C=C\CCCCCC)OC(=O)CCCCCCCCCCCCCCC)OC(=O)CCCCCCCCCCCCCCC. The Balaban J connectivity index is 5.37. The van der Waals surface area contributed by atoms with Gasteiger partial charge in [-0.15, -0.1) is 0 Å². The summed E-state index contributed by atoms with van der Waals surface area (Å²) in [6.07, 6.45) is 75.8. The van der Waals surface area contributed by atoms with Gasteiger partial charge in [0.1, 0.15) is 19.3 Å². The highest BCUT2D eigenvalue weighted by molar-refractivity contribution is 7.47. The number of ether oxygens (including phenoxy) is 4. The number of rotatable bonds is 75. The third-order valence-corrected chi connectivity index (χ3v) is 18.8. The van der Waals surface area contributed by atoms with E-state index in [2.05, 4.69) is 94.5 Å². The summed E-state index contributed by atoms with van der Waals surface area (Å²) in [7, 11) is -9.96. The van der Waals surface area contributed by atoms with Crippen molar-refractivity contribution in [3.05, 3.63) is 85.1 Å². The molecule has 5 atom stereocenters. The summed E-state index contributed by atoms with van der Waals surface area (Å²) in [5.41, 5.74) is 0. The van der Waals surface area contributed by atoms with Gasteiger partial charge in [-0.05, 0) is 89.9 Å². The molecule has 0 fully saturated rings. The Morgan fingerprint density at radius 2 is 0.540 bits per heavy atom. The minimum atomic E-state index is -4.99. The number of phosphoric ester groups is 2. The second-order valence-electron chi connectivity index (χ2n) is 26.6. The van der Waals surface area contributed by atoms with Crippen molar-refractivity contribution >= 4 is 39.5 Å². The van der Waals surface area contributed by atoms with Crippen molar-refractivity contribution in [3.8, 4) is 0 Å². The molecular formula is C81H144O17P2. The standard InChI is InChI=1S/C81H144O17P2/c1-5-9-13-17-21-25-29-33-35-36-37-38-40-44-46-50-54-58-62-66-79(84)92-72-77(98-81(86)68-64-60-56-52-48-42-32-28-24-20-16-12-8-4)74-96-100(89,90)94-70-75(82)69-93-99(87,88)95-73-76(97-80(85)67-63-59-55-51-47-41-31-27-23-19-15-11-7-3)71-91-78(83)65-61-57-53-49-45-43-39-34-30-26-22-18-14-10-6-2/h9,13,21,25-26,30,33,35,37-38,44,46,54,58,75-77,82H,5-8,10-12,14-20,22-24,27-29,31-32,34,36,39-43,45,47-53,55-57,59-74H2,1-4H3,(H,87,88)(H,89,90)/b13-9-,25-21-,30-26-,35-33-,38-37-,46-44-,58-54-/t75-,76+,77+/m0/s1. The predicted octanol–water partition coefficient (Wildman–Crippen LogP) is 23.0. The molecule has 19 heteroatoms. The van der Waals surface area contributed by atoms with E-state index in [0.29, 0.717) is 32.1 Å². The van der Waals surface area contributed by atoms with E-state index in [9.17, 15) is 43.2 Å². The molecule has 100 heavy (non-hydrogen) atoms. The van der Waals surface area contributed by atoms with E-state index in [0.717, 1.165) is 122 Å². The number of esters is 4. The van der Waals surface area contributed by atoms with Crippen LogP contribution in [-0.4, -0.2) is 96.7 Å². The molecule has 0 radical (unpaired) electrons. The van der Waals surface area contributed by atoms with Gasteiger partial charge in [0, 0.05) is 25.7 Å². The summed E-state index contributed by atoms with van der Waals surface area (Å²) >= 11 is 0. The Morgan fingerprint density at radius 1 is 0.290 bits per heavy atom. The van der Waals surface area contributed by atoms with E-state index < -0.39 is 97.5 Å². The first-order valence-corrected chi connectivity index (χ1v) is 42.8. The smallest absolute Gasteiger partial charge is 0.462 e. The summed E-state index contributed by atoms with van der Waals surface area (Å²) in [4.78, 5) is 72.9. The van der Waals surface area contributed by atoms with Gasteiger partial charge in [0.15, 0.2) is 12.2 Å². The van der Waals surface area contributed by atoms with Crippen molar-refractivity contribution in [2.75, 3.05) is 39.6 Å². The topological polar surface area (TPSA) is 237 Å². The van der Waals surface area contributed by atoms with Crippen LogP contribution in [0.4, 0.5) is 0 Å². The number of hydrogen-bond donors (Lipinski definition) is 3. The highest BCUT2D eigenvalue weighted by atomic mass is 31.2. The number of hydrogen-bond acceptors (Lipinski definition) is 15. The van der Waals surface area contributed by atoms with Crippen LogP contribution >= 0.6 is 15.6 Å². The van der Waals surface area contributed by atoms with Gasteiger partial charge in [-0.1, -0.05) is 318 Å².